The van der Waals surface area contributed by atoms with Crippen molar-refractivity contribution < 1.29 is 40.3 Å². The molecule has 0 heterocycles. The third-order valence-corrected chi connectivity index (χ3v) is 2.44. The average Bonchev–Trinajstić information content (AvgIpc) is 2.24. The molecule has 0 saturated heterocycles. The summed E-state index contributed by atoms with van der Waals surface area (Å²) in [5, 5.41) is 0. The standard InChI is InChI=1S/C11H15F7O2/c1-6(2)5-20-8(19)4-7(3)9(12,13)10(14,15)11(16,17)18/h6-7H,4-5H2,1-3H3. The largest absolute Gasteiger partial charge is 0.465 e. The van der Waals surface area contributed by atoms with Gasteiger partial charge in [-0.15, -0.1) is 0 Å². The Kier molecular flexibility index (Phi) is 5.86. The predicted molar refractivity (Wildman–Crippen MR) is 55.5 cm³/mol. The van der Waals surface area contributed by atoms with Gasteiger partial charge in [0.2, 0.25) is 0 Å². The zero-order valence-electron chi connectivity index (χ0n) is 11.0. The van der Waals surface area contributed by atoms with Gasteiger partial charge in [-0.2, -0.15) is 30.7 Å². The second kappa shape index (κ2) is 6.17. The summed E-state index contributed by atoms with van der Waals surface area (Å²) in [6, 6.07) is 0. The third kappa shape index (κ3) is 4.24. The number of hydrogen-bond acceptors (Lipinski definition) is 2. The van der Waals surface area contributed by atoms with Crippen LogP contribution in [0.1, 0.15) is 27.2 Å². The minimum absolute atomic E-state index is 0.119. The van der Waals surface area contributed by atoms with Crippen molar-refractivity contribution in [1.82, 2.24) is 0 Å². The molecular weight excluding hydrogens is 297 g/mol. The van der Waals surface area contributed by atoms with Gasteiger partial charge in [0.05, 0.1) is 13.0 Å². The van der Waals surface area contributed by atoms with E-state index in [9.17, 15) is 35.5 Å². The predicted octanol–water partition coefficient (Wildman–Crippen LogP) is 4.04. The molecule has 0 saturated carbocycles. The maximum atomic E-state index is 13.2. The molecule has 0 aliphatic rings. The molecule has 1 atom stereocenters. The third-order valence-electron chi connectivity index (χ3n) is 2.44. The summed E-state index contributed by atoms with van der Waals surface area (Å²) in [6.45, 7) is 3.59. The van der Waals surface area contributed by atoms with Gasteiger partial charge in [-0.25, -0.2) is 0 Å². The smallest absolute Gasteiger partial charge is 0.459 e. The van der Waals surface area contributed by atoms with Crippen LogP contribution in [0.25, 0.3) is 0 Å². The molecule has 0 fully saturated rings. The van der Waals surface area contributed by atoms with E-state index in [0.29, 0.717) is 6.92 Å². The van der Waals surface area contributed by atoms with Crippen LogP contribution in [0.5, 0.6) is 0 Å². The van der Waals surface area contributed by atoms with E-state index in [0.717, 1.165) is 0 Å². The molecule has 0 aliphatic carbocycles. The quantitative estimate of drug-likeness (QED) is 0.546. The first-order valence-electron chi connectivity index (χ1n) is 5.71. The molecule has 0 spiro atoms. The fourth-order valence-corrected chi connectivity index (χ4v) is 1.20. The van der Waals surface area contributed by atoms with E-state index in [1.165, 1.54) is 0 Å². The molecule has 120 valence electrons. The molecule has 0 aromatic rings. The molecule has 0 bridgehead atoms. The number of carbonyl (C=O) groups is 1. The molecule has 0 radical (unpaired) electrons. The number of alkyl halides is 7. The molecule has 2 nitrogen and oxygen atoms in total. The molecule has 0 amide bonds. The van der Waals surface area contributed by atoms with E-state index in [-0.39, 0.29) is 12.5 Å². The van der Waals surface area contributed by atoms with Crippen LogP contribution in [0, 0.1) is 11.8 Å². The lowest BCUT2D eigenvalue weighted by Gasteiger charge is -2.32. The van der Waals surface area contributed by atoms with E-state index < -0.39 is 36.3 Å². The Balaban J connectivity index is 4.83. The Morgan fingerprint density at radius 1 is 1.00 bits per heavy atom. The molecule has 0 aliphatic heterocycles. The first kappa shape index (κ1) is 19.0. The van der Waals surface area contributed by atoms with Crippen LogP contribution in [0.2, 0.25) is 0 Å². The topological polar surface area (TPSA) is 26.3 Å². The summed E-state index contributed by atoms with van der Waals surface area (Å²) in [4.78, 5) is 11.1. The van der Waals surface area contributed by atoms with Gasteiger partial charge in [-0.05, 0) is 5.92 Å². The van der Waals surface area contributed by atoms with E-state index in [1.54, 1.807) is 13.8 Å². The molecule has 9 heteroatoms. The minimum Gasteiger partial charge on any atom is -0.465 e. The van der Waals surface area contributed by atoms with Crippen LogP contribution in [0.4, 0.5) is 30.7 Å². The maximum absolute atomic E-state index is 13.2. The lowest BCUT2D eigenvalue weighted by Crippen LogP contribution is -2.55. The molecule has 1 unspecified atom stereocenters. The lowest BCUT2D eigenvalue weighted by molar-refractivity contribution is -0.364. The van der Waals surface area contributed by atoms with Crippen molar-refractivity contribution in [3.05, 3.63) is 0 Å². The van der Waals surface area contributed by atoms with Gasteiger partial charge in [0.1, 0.15) is 0 Å². The summed E-state index contributed by atoms with van der Waals surface area (Å²) in [5.41, 5.74) is 0. The molecular formula is C11H15F7O2. The van der Waals surface area contributed by atoms with Crippen molar-refractivity contribution in [1.29, 1.82) is 0 Å². The first-order chi connectivity index (χ1) is 8.73. The number of hydrogen-bond donors (Lipinski definition) is 0. The SMILES string of the molecule is CC(C)COC(=O)CC(C)C(F)(F)C(F)(F)C(F)(F)F. The average molecular weight is 312 g/mol. The van der Waals surface area contributed by atoms with Gasteiger partial charge in [0, 0.05) is 5.92 Å². The van der Waals surface area contributed by atoms with Crippen molar-refractivity contribution in [2.24, 2.45) is 11.8 Å². The van der Waals surface area contributed by atoms with Gasteiger partial charge >= 0.3 is 24.0 Å². The molecule has 20 heavy (non-hydrogen) atoms. The second-order valence-electron chi connectivity index (χ2n) is 4.88. The van der Waals surface area contributed by atoms with Crippen LogP contribution in [-0.4, -0.2) is 30.6 Å². The van der Waals surface area contributed by atoms with E-state index in [1.807, 2.05) is 0 Å². The monoisotopic (exact) mass is 312 g/mol. The number of halogens is 7. The Hall–Kier alpha value is -1.02. The van der Waals surface area contributed by atoms with Crippen molar-refractivity contribution in [3.63, 3.8) is 0 Å². The van der Waals surface area contributed by atoms with E-state index >= 15 is 0 Å². The van der Waals surface area contributed by atoms with Crippen LogP contribution in [0.3, 0.4) is 0 Å². The zero-order chi connectivity index (χ0) is 16.4. The number of esters is 1. The lowest BCUT2D eigenvalue weighted by atomic mass is 9.94. The Morgan fingerprint density at radius 3 is 1.80 bits per heavy atom. The van der Waals surface area contributed by atoms with E-state index in [4.69, 9.17) is 0 Å². The normalized spacial score (nSPS) is 15.3. The van der Waals surface area contributed by atoms with Gasteiger partial charge in [-0.1, -0.05) is 20.8 Å². The van der Waals surface area contributed by atoms with Gasteiger partial charge < -0.3 is 4.74 Å². The van der Waals surface area contributed by atoms with E-state index in [2.05, 4.69) is 4.74 Å². The zero-order valence-corrected chi connectivity index (χ0v) is 11.0. The van der Waals surface area contributed by atoms with Crippen LogP contribution in [-0.2, 0) is 9.53 Å². The number of ether oxygens (including phenoxy) is 1. The summed E-state index contributed by atoms with van der Waals surface area (Å²) in [5.74, 6) is -15.5. The van der Waals surface area contributed by atoms with Crippen LogP contribution < -0.4 is 0 Å². The maximum Gasteiger partial charge on any atom is 0.459 e. The van der Waals surface area contributed by atoms with Crippen molar-refractivity contribution in [3.8, 4) is 0 Å². The summed E-state index contributed by atoms with van der Waals surface area (Å²) in [6.07, 6.45) is -7.63. The molecule has 0 rings (SSSR count). The fraction of sp³-hybridized carbons (Fsp3) is 0.909. The summed E-state index contributed by atoms with van der Waals surface area (Å²) < 4.78 is 92.0. The van der Waals surface area contributed by atoms with Gasteiger partial charge in [0.25, 0.3) is 0 Å². The minimum atomic E-state index is -6.40. The molecule has 0 aromatic heterocycles. The Bertz CT molecular complexity index is 336. The van der Waals surface area contributed by atoms with Gasteiger partial charge in [0.15, 0.2) is 0 Å². The molecule has 0 aromatic carbocycles. The Morgan fingerprint density at radius 2 is 1.45 bits per heavy atom. The highest BCUT2D eigenvalue weighted by atomic mass is 19.4. The highest BCUT2D eigenvalue weighted by Gasteiger charge is 2.74. The van der Waals surface area contributed by atoms with Crippen molar-refractivity contribution in [2.75, 3.05) is 6.61 Å². The number of rotatable bonds is 6. The van der Waals surface area contributed by atoms with Crippen LogP contribution >= 0.6 is 0 Å². The summed E-state index contributed by atoms with van der Waals surface area (Å²) >= 11 is 0. The second-order valence-corrected chi connectivity index (χ2v) is 4.88. The van der Waals surface area contributed by atoms with Gasteiger partial charge in [-0.3, -0.25) is 4.79 Å². The fourth-order valence-electron chi connectivity index (χ4n) is 1.20. The Labute approximate surface area is 111 Å². The highest BCUT2D eigenvalue weighted by molar-refractivity contribution is 5.69. The molecule has 0 N–H and O–H groups in total. The first-order valence-corrected chi connectivity index (χ1v) is 5.71. The number of carbonyl (C=O) groups excluding carboxylic acids is 1. The van der Waals surface area contributed by atoms with Crippen LogP contribution in [0.15, 0.2) is 0 Å². The summed E-state index contributed by atoms with van der Waals surface area (Å²) in [7, 11) is 0. The van der Waals surface area contributed by atoms with Crippen molar-refractivity contribution in [2.45, 2.75) is 45.2 Å². The van der Waals surface area contributed by atoms with Crippen molar-refractivity contribution >= 4 is 5.97 Å². The highest BCUT2D eigenvalue weighted by Crippen LogP contribution is 2.50.